The van der Waals surface area contributed by atoms with Gasteiger partial charge in [0.15, 0.2) is 5.82 Å². The summed E-state index contributed by atoms with van der Waals surface area (Å²) in [5, 5.41) is 9.51. The van der Waals surface area contributed by atoms with Gasteiger partial charge in [-0.05, 0) is 31.3 Å². The number of benzene rings is 1. The first-order valence-corrected chi connectivity index (χ1v) is 8.82. The quantitative estimate of drug-likeness (QED) is 0.273. The van der Waals surface area contributed by atoms with E-state index in [2.05, 4.69) is 57.4 Å². The van der Waals surface area contributed by atoms with Crippen LogP contribution in [0.25, 0.3) is 11.4 Å². The Labute approximate surface area is 166 Å². The largest absolute Gasteiger partial charge is 0.381 e. The van der Waals surface area contributed by atoms with Gasteiger partial charge in [0, 0.05) is 17.9 Å². The van der Waals surface area contributed by atoms with Crippen molar-refractivity contribution in [2.45, 2.75) is 13.5 Å². The van der Waals surface area contributed by atoms with Gasteiger partial charge >= 0.3 is 0 Å². The SMILES string of the molecule is C=NC(=C)c1nc(CNc2ccc(C(=C)NCC(=C)C)cc2)cnc1NCN. The van der Waals surface area contributed by atoms with Crippen molar-refractivity contribution in [2.75, 3.05) is 23.8 Å². The Kier molecular flexibility index (Phi) is 7.47. The molecule has 0 saturated heterocycles. The third-order valence-corrected chi connectivity index (χ3v) is 3.87. The molecule has 28 heavy (non-hydrogen) atoms. The molecule has 1 aromatic heterocycles. The van der Waals surface area contributed by atoms with E-state index in [-0.39, 0.29) is 6.67 Å². The topological polar surface area (TPSA) is 100 Å². The summed E-state index contributed by atoms with van der Waals surface area (Å²) in [6, 6.07) is 7.99. The van der Waals surface area contributed by atoms with Crippen molar-refractivity contribution < 1.29 is 0 Å². The third kappa shape index (κ3) is 5.78. The second-order valence-corrected chi connectivity index (χ2v) is 6.26. The monoisotopic (exact) mass is 377 g/mol. The van der Waals surface area contributed by atoms with Gasteiger partial charge in [-0.3, -0.25) is 4.99 Å². The van der Waals surface area contributed by atoms with Crippen LogP contribution in [0.2, 0.25) is 0 Å². The maximum absolute atomic E-state index is 5.53. The Morgan fingerprint density at radius 3 is 2.46 bits per heavy atom. The van der Waals surface area contributed by atoms with E-state index >= 15 is 0 Å². The molecule has 0 unspecified atom stereocenters. The molecule has 0 aliphatic carbocycles. The number of nitrogens with zero attached hydrogens (tertiary/aromatic N) is 3. The molecule has 0 radical (unpaired) electrons. The third-order valence-electron chi connectivity index (χ3n) is 3.87. The smallest absolute Gasteiger partial charge is 0.155 e. The Bertz CT molecular complexity index is 869. The molecule has 2 rings (SSSR count). The standard InChI is InChI=1S/C21H27N7/c1-14(2)10-24-15(3)17-6-8-18(9-7-17)25-11-19-12-26-21(27-13-22)20(28-19)16(4)23-5/h6-9,12,24-25H,1,3-5,10-11,13,22H2,2H3,(H,26,27). The van der Waals surface area contributed by atoms with E-state index in [9.17, 15) is 0 Å². The van der Waals surface area contributed by atoms with Crippen molar-refractivity contribution in [3.05, 3.63) is 72.7 Å². The first-order valence-electron chi connectivity index (χ1n) is 8.82. The van der Waals surface area contributed by atoms with Gasteiger partial charge in [0.2, 0.25) is 0 Å². The Hall–Kier alpha value is -3.45. The lowest BCUT2D eigenvalue weighted by atomic mass is 10.1. The number of hydrogen-bond acceptors (Lipinski definition) is 7. The minimum absolute atomic E-state index is 0.239. The Morgan fingerprint density at radius 2 is 1.86 bits per heavy atom. The van der Waals surface area contributed by atoms with E-state index in [1.54, 1.807) is 6.20 Å². The van der Waals surface area contributed by atoms with Crippen molar-refractivity contribution >= 4 is 29.6 Å². The molecule has 0 aliphatic heterocycles. The van der Waals surface area contributed by atoms with E-state index in [1.165, 1.54) is 0 Å². The number of hydrogen-bond donors (Lipinski definition) is 4. The molecule has 0 aliphatic rings. The summed E-state index contributed by atoms with van der Waals surface area (Å²) in [4.78, 5) is 12.8. The average molecular weight is 377 g/mol. The van der Waals surface area contributed by atoms with Crippen molar-refractivity contribution in [1.29, 1.82) is 0 Å². The Morgan fingerprint density at radius 1 is 1.14 bits per heavy atom. The number of aliphatic imine (C=N–C) groups is 1. The van der Waals surface area contributed by atoms with Gasteiger partial charge in [-0.2, -0.15) is 0 Å². The molecular weight excluding hydrogens is 350 g/mol. The molecule has 0 atom stereocenters. The fraction of sp³-hybridized carbons (Fsp3) is 0.190. The molecule has 146 valence electrons. The lowest BCUT2D eigenvalue weighted by Crippen LogP contribution is -2.15. The second-order valence-electron chi connectivity index (χ2n) is 6.26. The number of rotatable bonds is 11. The lowest BCUT2D eigenvalue weighted by Gasteiger charge is -2.12. The molecular formula is C21H27N7. The van der Waals surface area contributed by atoms with E-state index in [1.807, 2.05) is 31.2 Å². The van der Waals surface area contributed by atoms with E-state index in [4.69, 9.17) is 5.73 Å². The van der Waals surface area contributed by atoms with Gasteiger partial charge in [-0.15, -0.1) is 0 Å². The van der Waals surface area contributed by atoms with Crippen molar-refractivity contribution in [3.63, 3.8) is 0 Å². The van der Waals surface area contributed by atoms with Crippen LogP contribution in [0.15, 0.2) is 60.8 Å². The van der Waals surface area contributed by atoms with Crippen molar-refractivity contribution in [2.24, 2.45) is 10.7 Å². The predicted octanol–water partition coefficient (Wildman–Crippen LogP) is 3.22. The molecule has 0 amide bonds. The normalized spacial score (nSPS) is 10.1. The van der Waals surface area contributed by atoms with Gasteiger partial charge in [-0.25, -0.2) is 9.97 Å². The summed E-state index contributed by atoms with van der Waals surface area (Å²) in [5.41, 5.74) is 11.2. The van der Waals surface area contributed by atoms with Crippen LogP contribution < -0.4 is 21.7 Å². The molecule has 0 bridgehead atoms. The van der Waals surface area contributed by atoms with E-state index < -0.39 is 0 Å². The molecule has 1 heterocycles. The van der Waals surface area contributed by atoms with Crippen LogP contribution in [0.5, 0.6) is 0 Å². The molecule has 0 spiro atoms. The van der Waals surface area contributed by atoms with E-state index in [0.29, 0.717) is 30.3 Å². The second kappa shape index (κ2) is 10.0. The maximum atomic E-state index is 5.53. The van der Waals surface area contributed by atoms with Gasteiger partial charge < -0.3 is 21.7 Å². The predicted molar refractivity (Wildman–Crippen MR) is 119 cm³/mol. The lowest BCUT2D eigenvalue weighted by molar-refractivity contribution is 0.962. The van der Waals surface area contributed by atoms with E-state index in [0.717, 1.165) is 28.2 Å². The van der Waals surface area contributed by atoms with Crippen LogP contribution in [0.3, 0.4) is 0 Å². The molecule has 0 fully saturated rings. The van der Waals surface area contributed by atoms with Gasteiger partial charge in [0.1, 0.15) is 5.69 Å². The summed E-state index contributed by atoms with van der Waals surface area (Å²) < 4.78 is 0. The summed E-state index contributed by atoms with van der Waals surface area (Å²) in [6.45, 7) is 18.7. The van der Waals surface area contributed by atoms with Crippen LogP contribution in [0, 0.1) is 0 Å². The minimum atomic E-state index is 0.239. The first-order chi connectivity index (χ1) is 13.4. The number of anilines is 2. The highest BCUT2D eigenvalue weighted by molar-refractivity contribution is 5.71. The highest BCUT2D eigenvalue weighted by atomic mass is 15.1. The van der Waals surface area contributed by atoms with Crippen molar-refractivity contribution in [3.8, 4) is 0 Å². The van der Waals surface area contributed by atoms with Crippen LogP contribution in [0.1, 0.15) is 23.9 Å². The fourth-order valence-corrected chi connectivity index (χ4v) is 2.35. The summed E-state index contributed by atoms with van der Waals surface area (Å²) in [5.74, 6) is 0.536. The minimum Gasteiger partial charge on any atom is -0.381 e. The molecule has 5 N–H and O–H groups in total. The molecule has 7 nitrogen and oxygen atoms in total. The first kappa shape index (κ1) is 20.9. The average Bonchev–Trinajstić information content (AvgIpc) is 2.71. The van der Waals surface area contributed by atoms with Gasteiger partial charge in [0.25, 0.3) is 0 Å². The number of nitrogens with two attached hydrogens (primary N) is 1. The fourth-order valence-electron chi connectivity index (χ4n) is 2.35. The molecule has 0 saturated carbocycles. The van der Waals surface area contributed by atoms with Crippen molar-refractivity contribution in [1.82, 2.24) is 15.3 Å². The molecule has 1 aromatic carbocycles. The van der Waals surface area contributed by atoms with Crippen LogP contribution >= 0.6 is 0 Å². The summed E-state index contributed by atoms with van der Waals surface area (Å²) >= 11 is 0. The number of aromatic nitrogens is 2. The molecule has 7 heteroatoms. The van der Waals surface area contributed by atoms with Gasteiger partial charge in [-0.1, -0.05) is 37.4 Å². The maximum Gasteiger partial charge on any atom is 0.155 e. The summed E-state index contributed by atoms with van der Waals surface area (Å²) in [7, 11) is 0. The number of nitrogens with one attached hydrogen (secondary N) is 3. The van der Waals surface area contributed by atoms with Gasteiger partial charge in [0.05, 0.1) is 30.8 Å². The zero-order valence-electron chi connectivity index (χ0n) is 16.3. The summed E-state index contributed by atoms with van der Waals surface area (Å²) in [6.07, 6.45) is 1.68. The Balaban J connectivity index is 2.03. The highest BCUT2D eigenvalue weighted by Crippen LogP contribution is 2.20. The van der Waals surface area contributed by atoms with Crippen LogP contribution in [-0.2, 0) is 6.54 Å². The van der Waals surface area contributed by atoms with Crippen LogP contribution in [0.4, 0.5) is 11.5 Å². The molecule has 2 aromatic rings. The highest BCUT2D eigenvalue weighted by Gasteiger charge is 2.10. The zero-order valence-corrected chi connectivity index (χ0v) is 16.3. The zero-order chi connectivity index (χ0) is 20.5. The van der Waals surface area contributed by atoms with Crippen LogP contribution in [-0.4, -0.2) is 29.9 Å².